The van der Waals surface area contributed by atoms with E-state index in [4.69, 9.17) is 0 Å². The van der Waals surface area contributed by atoms with Gasteiger partial charge in [0.2, 0.25) is 0 Å². The van der Waals surface area contributed by atoms with Gasteiger partial charge in [0.25, 0.3) is 5.91 Å². The third kappa shape index (κ3) is 3.32. The van der Waals surface area contributed by atoms with Crippen molar-refractivity contribution in [1.82, 2.24) is 5.32 Å². The van der Waals surface area contributed by atoms with E-state index in [1.54, 1.807) is 0 Å². The molecule has 0 bridgehead atoms. The number of carbonyl (C=O) groups excluding carboxylic acids is 1. The Balaban J connectivity index is 2.01. The number of halogens is 2. The average molecular weight is 361 g/mol. The quantitative estimate of drug-likeness (QED) is 0.817. The summed E-state index contributed by atoms with van der Waals surface area (Å²) in [5.74, 6) is 0.607. The highest BCUT2D eigenvalue weighted by molar-refractivity contribution is 9.10. The Morgan fingerprint density at radius 1 is 1.41 bits per heavy atom. The first-order chi connectivity index (χ1) is 8.20. The van der Waals surface area contributed by atoms with Gasteiger partial charge in [0.15, 0.2) is 0 Å². The molecule has 1 aromatic rings. The summed E-state index contributed by atoms with van der Waals surface area (Å²) in [6.07, 6.45) is 3.50. The first kappa shape index (κ1) is 13.1. The van der Waals surface area contributed by atoms with Crippen LogP contribution in [0.15, 0.2) is 28.7 Å². The lowest BCUT2D eigenvalue weighted by Crippen LogP contribution is -2.37. The summed E-state index contributed by atoms with van der Waals surface area (Å²) in [5.41, 5.74) is 0.722. The second kappa shape index (κ2) is 6.01. The first-order valence-electron chi connectivity index (χ1n) is 5.83. The summed E-state index contributed by atoms with van der Waals surface area (Å²) in [4.78, 5) is 12.1. The van der Waals surface area contributed by atoms with E-state index in [0.29, 0.717) is 12.0 Å². The van der Waals surface area contributed by atoms with Crippen molar-refractivity contribution in [2.24, 2.45) is 5.92 Å². The van der Waals surface area contributed by atoms with Crippen LogP contribution in [0.1, 0.15) is 29.6 Å². The molecule has 1 saturated carbocycles. The van der Waals surface area contributed by atoms with Crippen LogP contribution in [0.2, 0.25) is 0 Å². The summed E-state index contributed by atoms with van der Waals surface area (Å²) >= 11 is 6.90. The number of rotatable bonds is 3. The van der Waals surface area contributed by atoms with Crippen molar-refractivity contribution in [1.29, 1.82) is 0 Å². The normalized spacial score (nSPS) is 23.6. The predicted molar refractivity (Wildman–Crippen MR) is 76.5 cm³/mol. The molecule has 0 aromatic heterocycles. The Labute approximate surface area is 118 Å². The maximum absolute atomic E-state index is 12.1. The SMILES string of the molecule is O=C(NC1CCCC1CBr)c1cccc(Br)c1. The minimum absolute atomic E-state index is 0.0316. The average Bonchev–Trinajstić information content (AvgIpc) is 2.76. The monoisotopic (exact) mass is 359 g/mol. The minimum Gasteiger partial charge on any atom is -0.349 e. The van der Waals surface area contributed by atoms with E-state index < -0.39 is 0 Å². The first-order valence-corrected chi connectivity index (χ1v) is 7.74. The molecule has 0 spiro atoms. The Hall–Kier alpha value is -0.350. The fourth-order valence-electron chi connectivity index (χ4n) is 2.29. The molecule has 4 heteroatoms. The van der Waals surface area contributed by atoms with Crippen LogP contribution in [-0.4, -0.2) is 17.3 Å². The summed E-state index contributed by atoms with van der Waals surface area (Å²) in [6, 6.07) is 7.83. The summed E-state index contributed by atoms with van der Waals surface area (Å²) in [5, 5.41) is 4.10. The fourth-order valence-corrected chi connectivity index (χ4v) is 3.47. The molecule has 1 amide bonds. The van der Waals surface area contributed by atoms with Gasteiger partial charge in [-0.1, -0.05) is 44.3 Å². The van der Waals surface area contributed by atoms with Crippen molar-refractivity contribution in [2.45, 2.75) is 25.3 Å². The van der Waals surface area contributed by atoms with Crippen LogP contribution in [0.4, 0.5) is 0 Å². The predicted octanol–water partition coefficient (Wildman–Crippen LogP) is 3.74. The maximum Gasteiger partial charge on any atom is 0.251 e. The topological polar surface area (TPSA) is 29.1 Å². The summed E-state index contributed by atoms with van der Waals surface area (Å²) in [7, 11) is 0. The van der Waals surface area contributed by atoms with E-state index in [1.807, 2.05) is 24.3 Å². The van der Waals surface area contributed by atoms with Gasteiger partial charge in [-0.2, -0.15) is 0 Å². The molecule has 17 heavy (non-hydrogen) atoms. The molecule has 0 heterocycles. The molecule has 1 fully saturated rings. The highest BCUT2D eigenvalue weighted by Crippen LogP contribution is 2.27. The fraction of sp³-hybridized carbons (Fsp3) is 0.462. The van der Waals surface area contributed by atoms with Gasteiger partial charge in [-0.3, -0.25) is 4.79 Å². The van der Waals surface area contributed by atoms with Gasteiger partial charge in [0.05, 0.1) is 0 Å². The van der Waals surface area contributed by atoms with Crippen LogP contribution in [0.5, 0.6) is 0 Å². The van der Waals surface area contributed by atoms with Gasteiger partial charge < -0.3 is 5.32 Å². The highest BCUT2D eigenvalue weighted by Gasteiger charge is 2.27. The second-order valence-corrected chi connectivity index (χ2v) is 6.00. The molecular formula is C13H15Br2NO. The number of carbonyl (C=O) groups is 1. The van der Waals surface area contributed by atoms with E-state index in [1.165, 1.54) is 12.8 Å². The summed E-state index contributed by atoms with van der Waals surface area (Å²) in [6.45, 7) is 0. The van der Waals surface area contributed by atoms with Crippen molar-refractivity contribution in [3.8, 4) is 0 Å². The Kier molecular flexibility index (Phi) is 4.62. The Bertz CT molecular complexity index is 408. The molecule has 2 unspecified atom stereocenters. The molecule has 92 valence electrons. The standard InChI is InChI=1S/C13H15Br2NO/c14-8-10-4-2-6-12(10)16-13(17)9-3-1-5-11(15)7-9/h1,3,5,7,10,12H,2,4,6,8H2,(H,16,17). The maximum atomic E-state index is 12.1. The zero-order valence-corrected chi connectivity index (χ0v) is 12.6. The van der Waals surface area contributed by atoms with Gasteiger partial charge in [-0.15, -0.1) is 0 Å². The Morgan fingerprint density at radius 3 is 2.94 bits per heavy atom. The molecule has 1 aliphatic carbocycles. The zero-order chi connectivity index (χ0) is 12.3. The molecule has 0 radical (unpaired) electrons. The molecule has 1 aromatic carbocycles. The van der Waals surface area contributed by atoms with Gasteiger partial charge in [0.1, 0.15) is 0 Å². The van der Waals surface area contributed by atoms with Gasteiger partial charge in [-0.05, 0) is 37.0 Å². The third-order valence-corrected chi connectivity index (χ3v) is 4.59. The molecule has 2 rings (SSSR count). The number of nitrogens with one attached hydrogen (secondary N) is 1. The third-order valence-electron chi connectivity index (χ3n) is 3.26. The van der Waals surface area contributed by atoms with E-state index in [-0.39, 0.29) is 5.91 Å². The molecule has 1 N–H and O–H groups in total. The number of hydrogen-bond acceptors (Lipinski definition) is 1. The molecule has 2 atom stereocenters. The van der Waals surface area contributed by atoms with Gasteiger partial charge >= 0.3 is 0 Å². The molecule has 1 aliphatic rings. The van der Waals surface area contributed by atoms with Crippen LogP contribution < -0.4 is 5.32 Å². The van der Waals surface area contributed by atoms with Crippen molar-refractivity contribution >= 4 is 37.8 Å². The van der Waals surface area contributed by atoms with Crippen LogP contribution in [0.3, 0.4) is 0 Å². The lowest BCUT2D eigenvalue weighted by molar-refractivity contribution is 0.0930. The minimum atomic E-state index is 0.0316. The van der Waals surface area contributed by atoms with E-state index in [2.05, 4.69) is 37.2 Å². The summed E-state index contributed by atoms with van der Waals surface area (Å²) < 4.78 is 0.939. The number of alkyl halides is 1. The number of hydrogen-bond donors (Lipinski definition) is 1. The van der Waals surface area contributed by atoms with Crippen LogP contribution >= 0.6 is 31.9 Å². The van der Waals surface area contributed by atoms with Crippen LogP contribution in [0.25, 0.3) is 0 Å². The van der Waals surface area contributed by atoms with Crippen molar-refractivity contribution in [2.75, 3.05) is 5.33 Å². The number of benzene rings is 1. The smallest absolute Gasteiger partial charge is 0.251 e. The Morgan fingerprint density at radius 2 is 2.24 bits per heavy atom. The molecule has 0 saturated heterocycles. The van der Waals surface area contributed by atoms with Crippen LogP contribution in [-0.2, 0) is 0 Å². The zero-order valence-electron chi connectivity index (χ0n) is 9.46. The number of amides is 1. The van der Waals surface area contributed by atoms with Gasteiger partial charge in [-0.25, -0.2) is 0 Å². The lowest BCUT2D eigenvalue weighted by atomic mass is 10.1. The van der Waals surface area contributed by atoms with Gasteiger partial charge in [0, 0.05) is 21.4 Å². The molecule has 0 aliphatic heterocycles. The molecular weight excluding hydrogens is 346 g/mol. The van der Waals surface area contributed by atoms with Crippen molar-refractivity contribution < 1.29 is 4.79 Å². The molecule has 2 nitrogen and oxygen atoms in total. The second-order valence-electron chi connectivity index (χ2n) is 4.44. The lowest BCUT2D eigenvalue weighted by Gasteiger charge is -2.19. The van der Waals surface area contributed by atoms with Crippen LogP contribution in [0, 0.1) is 5.92 Å². The van der Waals surface area contributed by atoms with E-state index in [0.717, 1.165) is 21.8 Å². The van der Waals surface area contributed by atoms with E-state index >= 15 is 0 Å². The van der Waals surface area contributed by atoms with Crippen molar-refractivity contribution in [3.63, 3.8) is 0 Å². The van der Waals surface area contributed by atoms with E-state index in [9.17, 15) is 4.79 Å². The van der Waals surface area contributed by atoms with Crippen molar-refractivity contribution in [3.05, 3.63) is 34.3 Å². The highest BCUT2D eigenvalue weighted by atomic mass is 79.9. The largest absolute Gasteiger partial charge is 0.349 e.